The van der Waals surface area contributed by atoms with Crippen LogP contribution in [-0.4, -0.2) is 32.4 Å². The van der Waals surface area contributed by atoms with Gasteiger partial charge in [0.1, 0.15) is 4.21 Å². The lowest BCUT2D eigenvalue weighted by atomic mass is 10.0. The van der Waals surface area contributed by atoms with Crippen LogP contribution in [0.5, 0.6) is 0 Å². The minimum Gasteiger partial charge on any atom is -0.330 e. The summed E-state index contributed by atoms with van der Waals surface area (Å²) in [6.45, 7) is 3.96. The predicted octanol–water partition coefficient (Wildman–Crippen LogP) is 1.67. The Labute approximate surface area is 113 Å². The molecule has 0 aliphatic carbocycles. The third kappa shape index (κ3) is 2.93. The Kier molecular flexibility index (Phi) is 4.42. The van der Waals surface area contributed by atoms with E-state index in [1.165, 1.54) is 11.3 Å². The van der Waals surface area contributed by atoms with Crippen molar-refractivity contribution in [3.8, 4) is 0 Å². The summed E-state index contributed by atoms with van der Waals surface area (Å²) in [6, 6.07) is 3.59. The molecule has 1 fully saturated rings. The highest BCUT2D eigenvalue weighted by Crippen LogP contribution is 2.28. The molecule has 0 aromatic carbocycles. The molecule has 1 aliphatic heterocycles. The molecular formula is C12H20N2O2S2. The van der Waals surface area contributed by atoms with Crippen molar-refractivity contribution in [3.63, 3.8) is 0 Å². The molecule has 6 heteroatoms. The first kappa shape index (κ1) is 14.0. The number of hydrogen-bond donors (Lipinski definition) is 1. The van der Waals surface area contributed by atoms with E-state index in [4.69, 9.17) is 5.73 Å². The van der Waals surface area contributed by atoms with Crippen molar-refractivity contribution in [1.82, 2.24) is 4.31 Å². The van der Waals surface area contributed by atoms with Crippen LogP contribution in [0.4, 0.5) is 0 Å². The van der Waals surface area contributed by atoms with Crippen molar-refractivity contribution < 1.29 is 8.42 Å². The van der Waals surface area contributed by atoms with Crippen molar-refractivity contribution >= 4 is 21.4 Å². The van der Waals surface area contributed by atoms with E-state index in [0.717, 1.165) is 24.1 Å². The number of piperidine rings is 1. The van der Waals surface area contributed by atoms with Gasteiger partial charge in [0.2, 0.25) is 0 Å². The van der Waals surface area contributed by atoms with E-state index in [1.54, 1.807) is 10.4 Å². The smallest absolute Gasteiger partial charge is 0.252 e. The summed E-state index contributed by atoms with van der Waals surface area (Å²) in [5, 5.41) is 0. The zero-order chi connectivity index (χ0) is 13.2. The van der Waals surface area contributed by atoms with E-state index in [2.05, 4.69) is 6.92 Å². The summed E-state index contributed by atoms with van der Waals surface area (Å²) >= 11 is 1.35. The molecule has 2 N–H and O–H groups in total. The first-order valence-electron chi connectivity index (χ1n) is 6.33. The molecule has 0 spiro atoms. The molecule has 0 bridgehead atoms. The summed E-state index contributed by atoms with van der Waals surface area (Å²) in [7, 11) is -3.28. The summed E-state index contributed by atoms with van der Waals surface area (Å²) in [5.41, 5.74) is 5.49. The molecule has 102 valence electrons. The monoisotopic (exact) mass is 288 g/mol. The minimum absolute atomic E-state index is 0.456. The molecule has 1 aromatic rings. The normalized spacial score (nSPS) is 22.2. The number of nitrogens with two attached hydrogens (primary N) is 1. The standard InChI is InChI=1S/C12H20N2O2S2/c1-10-3-2-8-14(9-10)18(15,16)12-5-4-11(17-12)6-7-13/h4-5,10H,2-3,6-9,13H2,1H3. The molecule has 18 heavy (non-hydrogen) atoms. The summed E-state index contributed by atoms with van der Waals surface area (Å²) in [4.78, 5) is 1.04. The number of sulfonamides is 1. The highest BCUT2D eigenvalue weighted by Gasteiger charge is 2.29. The number of nitrogens with zero attached hydrogens (tertiary/aromatic N) is 1. The van der Waals surface area contributed by atoms with Gasteiger partial charge in [0, 0.05) is 18.0 Å². The van der Waals surface area contributed by atoms with Crippen LogP contribution in [0.3, 0.4) is 0 Å². The molecule has 1 aromatic heterocycles. The fourth-order valence-electron chi connectivity index (χ4n) is 2.27. The summed E-state index contributed by atoms with van der Waals surface area (Å²) in [6.07, 6.45) is 2.83. The first-order chi connectivity index (χ1) is 8.54. The Hall–Kier alpha value is -0.430. The highest BCUT2D eigenvalue weighted by molar-refractivity contribution is 7.91. The van der Waals surface area contributed by atoms with Crippen molar-refractivity contribution in [1.29, 1.82) is 0 Å². The lowest BCUT2D eigenvalue weighted by molar-refractivity contribution is 0.281. The largest absolute Gasteiger partial charge is 0.330 e. The zero-order valence-electron chi connectivity index (χ0n) is 10.6. The van der Waals surface area contributed by atoms with Gasteiger partial charge in [0.15, 0.2) is 0 Å². The molecule has 1 unspecified atom stereocenters. The fourth-order valence-corrected chi connectivity index (χ4v) is 5.39. The van der Waals surface area contributed by atoms with Crippen LogP contribution >= 0.6 is 11.3 Å². The Morgan fingerprint density at radius 3 is 2.94 bits per heavy atom. The lowest BCUT2D eigenvalue weighted by Crippen LogP contribution is -2.38. The molecule has 2 heterocycles. The van der Waals surface area contributed by atoms with Gasteiger partial charge in [-0.3, -0.25) is 0 Å². The molecule has 1 aliphatic rings. The van der Waals surface area contributed by atoms with Crippen LogP contribution in [0.2, 0.25) is 0 Å². The molecule has 0 radical (unpaired) electrons. The summed E-state index contributed by atoms with van der Waals surface area (Å²) < 4.78 is 27.0. The van der Waals surface area contributed by atoms with Gasteiger partial charge in [-0.25, -0.2) is 8.42 Å². The van der Waals surface area contributed by atoms with E-state index in [-0.39, 0.29) is 0 Å². The number of thiophene rings is 1. The Morgan fingerprint density at radius 2 is 2.28 bits per heavy atom. The molecule has 0 amide bonds. The number of hydrogen-bond acceptors (Lipinski definition) is 4. The predicted molar refractivity (Wildman–Crippen MR) is 74.2 cm³/mol. The molecule has 4 nitrogen and oxygen atoms in total. The SMILES string of the molecule is CC1CCCN(S(=O)(=O)c2ccc(CCN)s2)C1. The summed E-state index contributed by atoms with van der Waals surface area (Å²) in [5.74, 6) is 0.456. The van der Waals surface area contributed by atoms with Crippen LogP contribution < -0.4 is 5.73 Å². The maximum atomic E-state index is 12.5. The molecular weight excluding hydrogens is 268 g/mol. The molecule has 1 atom stereocenters. The van der Waals surface area contributed by atoms with Gasteiger partial charge in [-0.2, -0.15) is 4.31 Å². The van der Waals surface area contributed by atoms with Gasteiger partial charge in [0.05, 0.1) is 0 Å². The van der Waals surface area contributed by atoms with Gasteiger partial charge >= 0.3 is 0 Å². The van der Waals surface area contributed by atoms with E-state index < -0.39 is 10.0 Å². The maximum Gasteiger partial charge on any atom is 0.252 e. The zero-order valence-corrected chi connectivity index (χ0v) is 12.3. The lowest BCUT2D eigenvalue weighted by Gasteiger charge is -2.29. The van der Waals surface area contributed by atoms with E-state index in [1.807, 2.05) is 6.07 Å². The molecule has 0 saturated carbocycles. The van der Waals surface area contributed by atoms with Gasteiger partial charge in [-0.05, 0) is 43.9 Å². The van der Waals surface area contributed by atoms with Crippen molar-refractivity contribution in [2.75, 3.05) is 19.6 Å². The highest BCUT2D eigenvalue weighted by atomic mass is 32.2. The van der Waals surface area contributed by atoms with Crippen LogP contribution in [0.1, 0.15) is 24.6 Å². The van der Waals surface area contributed by atoms with E-state index in [9.17, 15) is 8.42 Å². The molecule has 1 saturated heterocycles. The second-order valence-electron chi connectivity index (χ2n) is 4.87. The van der Waals surface area contributed by atoms with Crippen LogP contribution in [0.15, 0.2) is 16.3 Å². The fraction of sp³-hybridized carbons (Fsp3) is 0.667. The van der Waals surface area contributed by atoms with Gasteiger partial charge in [-0.1, -0.05) is 6.92 Å². The second-order valence-corrected chi connectivity index (χ2v) is 8.20. The minimum atomic E-state index is -3.28. The molecule has 2 rings (SSSR count). The van der Waals surface area contributed by atoms with Crippen molar-refractivity contribution in [2.45, 2.75) is 30.4 Å². The maximum absolute atomic E-state index is 12.5. The Balaban J connectivity index is 2.18. The van der Waals surface area contributed by atoms with Crippen LogP contribution in [0.25, 0.3) is 0 Å². The first-order valence-corrected chi connectivity index (χ1v) is 8.58. The third-order valence-corrected chi connectivity index (χ3v) is 6.72. The van der Waals surface area contributed by atoms with E-state index in [0.29, 0.717) is 29.8 Å². The Bertz CT molecular complexity index is 496. The Morgan fingerprint density at radius 1 is 1.50 bits per heavy atom. The van der Waals surface area contributed by atoms with Crippen molar-refractivity contribution in [2.24, 2.45) is 11.7 Å². The second kappa shape index (κ2) is 5.69. The van der Waals surface area contributed by atoms with Crippen LogP contribution in [0, 0.1) is 5.92 Å². The average molecular weight is 288 g/mol. The average Bonchev–Trinajstić information content (AvgIpc) is 2.79. The topological polar surface area (TPSA) is 63.4 Å². The van der Waals surface area contributed by atoms with Gasteiger partial charge in [0.25, 0.3) is 10.0 Å². The number of rotatable bonds is 4. The van der Waals surface area contributed by atoms with E-state index >= 15 is 0 Å². The van der Waals surface area contributed by atoms with Gasteiger partial charge in [-0.15, -0.1) is 11.3 Å². The van der Waals surface area contributed by atoms with Crippen LogP contribution in [-0.2, 0) is 16.4 Å². The third-order valence-electron chi connectivity index (χ3n) is 3.24. The van der Waals surface area contributed by atoms with Crippen molar-refractivity contribution in [3.05, 3.63) is 17.0 Å². The quantitative estimate of drug-likeness (QED) is 0.916. The van der Waals surface area contributed by atoms with Gasteiger partial charge < -0.3 is 5.73 Å².